The molecule has 4 bridgehead atoms. The van der Waals surface area contributed by atoms with E-state index < -0.39 is 24.3 Å². The molecule has 4 saturated carbocycles. The molecule has 4 atom stereocenters. The second-order valence-corrected chi connectivity index (χ2v) is 11.9. The van der Waals surface area contributed by atoms with Crippen LogP contribution in [-0.4, -0.2) is 83.3 Å². The van der Waals surface area contributed by atoms with Crippen molar-refractivity contribution in [3.8, 4) is 0 Å². The Kier molecular flexibility index (Phi) is 11.1. The molecule has 35 heavy (non-hydrogen) atoms. The fraction of sp³-hybridized carbons (Fsp3) is 0.963. The lowest BCUT2D eigenvalue weighted by molar-refractivity contribution is -0.129. The highest BCUT2D eigenvalue weighted by Gasteiger charge is 2.51. The van der Waals surface area contributed by atoms with Gasteiger partial charge in [0.05, 0.1) is 25.4 Å². The van der Waals surface area contributed by atoms with Crippen molar-refractivity contribution in [3.63, 3.8) is 0 Å². The highest BCUT2D eigenvalue weighted by molar-refractivity contribution is 5.85. The van der Waals surface area contributed by atoms with E-state index in [1.54, 1.807) is 4.90 Å². The third-order valence-electron chi connectivity index (χ3n) is 9.16. The van der Waals surface area contributed by atoms with Crippen molar-refractivity contribution in [2.45, 2.75) is 108 Å². The molecule has 204 valence electrons. The highest BCUT2D eigenvalue weighted by atomic mass is 35.5. The molecule has 4 aliphatic carbocycles. The molecule has 4 N–H and O–H groups in total. The maximum absolute atomic E-state index is 12.7. The first-order valence-electron chi connectivity index (χ1n) is 14.0. The van der Waals surface area contributed by atoms with Gasteiger partial charge in [-0.25, -0.2) is 0 Å². The van der Waals surface area contributed by atoms with E-state index in [0.717, 1.165) is 69.5 Å². The maximum atomic E-state index is 12.7. The van der Waals surface area contributed by atoms with Gasteiger partial charge in [0.15, 0.2) is 0 Å². The third kappa shape index (κ3) is 6.91. The molecule has 0 radical (unpaired) electrons. The second-order valence-electron chi connectivity index (χ2n) is 11.9. The molecule has 1 aliphatic heterocycles. The van der Waals surface area contributed by atoms with Crippen molar-refractivity contribution in [3.05, 3.63) is 0 Å². The fourth-order valence-electron chi connectivity index (χ4n) is 7.96. The van der Waals surface area contributed by atoms with Gasteiger partial charge >= 0.3 is 0 Å². The molecule has 1 saturated heterocycles. The average molecular weight is 517 g/mol. The minimum absolute atomic E-state index is 0. The fourth-order valence-corrected chi connectivity index (χ4v) is 7.96. The van der Waals surface area contributed by atoms with Crippen molar-refractivity contribution in [1.82, 2.24) is 10.2 Å². The van der Waals surface area contributed by atoms with Crippen molar-refractivity contribution in [2.75, 3.05) is 32.9 Å². The largest absolute Gasteiger partial charge is 0.395 e. The Bertz CT molecular complexity index is 630. The quantitative estimate of drug-likeness (QED) is 0.265. The Morgan fingerprint density at radius 3 is 2.23 bits per heavy atom. The first-order chi connectivity index (χ1) is 16.5. The van der Waals surface area contributed by atoms with Crippen LogP contribution in [0.15, 0.2) is 0 Å². The van der Waals surface area contributed by atoms with Crippen LogP contribution in [0, 0.1) is 23.2 Å². The summed E-state index contributed by atoms with van der Waals surface area (Å²) in [6, 6.07) is -1.41. The SMILES string of the molecule is CCCCCNC(=O)[C@H]1[C@H](O)[C@@H](O)[C@H](CO)N1CCCCCOCC12CC3CC(CC(C3)C1)C2.Cl. The van der Waals surface area contributed by atoms with Gasteiger partial charge < -0.3 is 25.4 Å². The van der Waals surface area contributed by atoms with E-state index in [0.29, 0.717) is 18.5 Å². The number of hydrogen-bond donors (Lipinski definition) is 4. The van der Waals surface area contributed by atoms with Crippen LogP contribution in [0.4, 0.5) is 0 Å². The number of aliphatic hydroxyl groups excluding tert-OH is 3. The smallest absolute Gasteiger partial charge is 0.240 e. The van der Waals surface area contributed by atoms with Gasteiger partial charge in [-0.3, -0.25) is 9.69 Å². The molecular formula is C27H49ClN2O5. The van der Waals surface area contributed by atoms with Gasteiger partial charge in [-0.05, 0) is 93.9 Å². The van der Waals surface area contributed by atoms with Crippen molar-refractivity contribution in [2.24, 2.45) is 23.2 Å². The number of halogens is 1. The summed E-state index contributed by atoms with van der Waals surface area (Å²) < 4.78 is 6.19. The van der Waals surface area contributed by atoms with E-state index in [2.05, 4.69) is 12.2 Å². The number of likely N-dealkylation sites (tertiary alicyclic amines) is 1. The Morgan fingerprint density at radius 1 is 0.971 bits per heavy atom. The van der Waals surface area contributed by atoms with Gasteiger partial charge in [0.25, 0.3) is 0 Å². The van der Waals surface area contributed by atoms with E-state index in [1.165, 1.54) is 38.5 Å². The molecule has 1 amide bonds. The number of nitrogens with one attached hydrogen (secondary N) is 1. The number of nitrogens with zero attached hydrogens (tertiary/aromatic N) is 1. The standard InChI is InChI=1S/C27H48N2O5.ClH/c1-2-3-5-8-28-26(33)23-25(32)24(31)22(17-30)29(23)9-6-4-7-10-34-18-27-14-19-11-20(15-27)13-21(12-19)16-27;/h19-25,30-32H,2-18H2,1H3,(H,28,33);1H/t19?,20?,21?,22-,23+,24-,25-,27?;/m0./s1. The molecule has 0 unspecified atom stereocenters. The first kappa shape index (κ1) is 29.1. The number of hydrogen-bond acceptors (Lipinski definition) is 6. The van der Waals surface area contributed by atoms with E-state index in [9.17, 15) is 20.1 Å². The van der Waals surface area contributed by atoms with E-state index in [4.69, 9.17) is 4.74 Å². The molecule has 0 spiro atoms. The van der Waals surface area contributed by atoms with Crippen molar-refractivity contribution < 1.29 is 24.9 Å². The lowest BCUT2D eigenvalue weighted by atomic mass is 9.50. The molecule has 1 heterocycles. The van der Waals surface area contributed by atoms with Crippen LogP contribution in [0.2, 0.25) is 0 Å². The summed E-state index contributed by atoms with van der Waals surface area (Å²) in [6.45, 7) is 4.68. The van der Waals surface area contributed by atoms with Crippen LogP contribution >= 0.6 is 12.4 Å². The topological polar surface area (TPSA) is 102 Å². The van der Waals surface area contributed by atoms with Crippen LogP contribution in [0.3, 0.4) is 0 Å². The minimum Gasteiger partial charge on any atom is -0.395 e. The van der Waals surface area contributed by atoms with Gasteiger partial charge in [0.2, 0.25) is 5.91 Å². The van der Waals surface area contributed by atoms with Crippen molar-refractivity contribution >= 4 is 18.3 Å². The van der Waals surface area contributed by atoms with Gasteiger partial charge in [0.1, 0.15) is 12.1 Å². The number of carbonyl (C=O) groups excluding carboxylic acids is 1. The van der Waals surface area contributed by atoms with Crippen molar-refractivity contribution in [1.29, 1.82) is 0 Å². The predicted molar refractivity (Wildman–Crippen MR) is 138 cm³/mol. The summed E-state index contributed by atoms with van der Waals surface area (Å²) in [5.74, 6) is 2.62. The Labute approximate surface area is 217 Å². The van der Waals surface area contributed by atoms with E-state index in [1.807, 2.05) is 0 Å². The first-order valence-corrected chi connectivity index (χ1v) is 14.0. The Balaban J connectivity index is 0.00000342. The number of rotatable bonds is 14. The highest BCUT2D eigenvalue weighted by Crippen LogP contribution is 2.60. The molecular weight excluding hydrogens is 468 g/mol. The number of carbonyl (C=O) groups is 1. The van der Waals surface area contributed by atoms with Gasteiger partial charge in [0, 0.05) is 13.2 Å². The number of ether oxygens (including phenoxy) is 1. The zero-order valence-corrected chi connectivity index (χ0v) is 22.4. The molecule has 0 aromatic heterocycles. The molecule has 0 aromatic rings. The van der Waals surface area contributed by atoms with E-state index in [-0.39, 0.29) is 24.9 Å². The second kappa shape index (κ2) is 13.4. The van der Waals surface area contributed by atoms with Gasteiger partial charge in [-0.2, -0.15) is 0 Å². The Hall–Kier alpha value is -0.440. The van der Waals surface area contributed by atoms with Gasteiger partial charge in [-0.15, -0.1) is 12.4 Å². The maximum Gasteiger partial charge on any atom is 0.240 e. The average Bonchev–Trinajstić information content (AvgIpc) is 3.04. The number of amides is 1. The zero-order valence-electron chi connectivity index (χ0n) is 21.6. The van der Waals surface area contributed by atoms with Gasteiger partial charge in [-0.1, -0.05) is 19.8 Å². The van der Waals surface area contributed by atoms with Crippen LogP contribution in [0.5, 0.6) is 0 Å². The number of aliphatic hydroxyl groups is 3. The lowest BCUT2D eigenvalue weighted by Crippen LogP contribution is -2.50. The summed E-state index contributed by atoms with van der Waals surface area (Å²) >= 11 is 0. The molecule has 7 nitrogen and oxygen atoms in total. The molecule has 0 aromatic carbocycles. The van der Waals surface area contributed by atoms with Crippen LogP contribution in [-0.2, 0) is 9.53 Å². The summed E-state index contributed by atoms with van der Waals surface area (Å²) in [7, 11) is 0. The summed E-state index contributed by atoms with van der Waals surface area (Å²) in [6.07, 6.45) is 12.0. The molecule has 5 aliphatic rings. The summed E-state index contributed by atoms with van der Waals surface area (Å²) in [4.78, 5) is 14.6. The third-order valence-corrected chi connectivity index (χ3v) is 9.16. The molecule has 5 rings (SSSR count). The summed E-state index contributed by atoms with van der Waals surface area (Å²) in [5, 5.41) is 33.6. The summed E-state index contributed by atoms with van der Waals surface area (Å²) in [5.41, 5.74) is 0.461. The number of unbranched alkanes of at least 4 members (excludes halogenated alkanes) is 4. The van der Waals surface area contributed by atoms with Crippen LogP contribution in [0.25, 0.3) is 0 Å². The van der Waals surface area contributed by atoms with E-state index >= 15 is 0 Å². The molecule has 8 heteroatoms. The molecule has 5 fully saturated rings. The normalized spacial score (nSPS) is 38.0. The van der Waals surface area contributed by atoms with Crippen LogP contribution < -0.4 is 5.32 Å². The monoisotopic (exact) mass is 516 g/mol. The zero-order chi connectivity index (χ0) is 24.1. The Morgan fingerprint density at radius 2 is 1.63 bits per heavy atom. The minimum atomic E-state index is -1.17. The lowest BCUT2D eigenvalue weighted by Gasteiger charge is -2.56. The van der Waals surface area contributed by atoms with Crippen LogP contribution in [0.1, 0.15) is 84.0 Å². The predicted octanol–water partition coefficient (Wildman–Crippen LogP) is 2.88.